The number of fused-ring (bicyclic) bond motifs is 12. The van der Waals surface area contributed by atoms with Gasteiger partial charge in [0.05, 0.1) is 22.1 Å². The molecule has 2 aromatic heterocycles. The van der Waals surface area contributed by atoms with E-state index in [9.17, 15) is 0 Å². The highest BCUT2D eigenvalue weighted by Crippen LogP contribution is 2.44. The number of nitrogens with one attached hydrogen (secondary N) is 1. The minimum Gasteiger partial charge on any atom is -0.455 e. The van der Waals surface area contributed by atoms with Crippen molar-refractivity contribution in [3.05, 3.63) is 211 Å². The van der Waals surface area contributed by atoms with Crippen molar-refractivity contribution in [3.63, 3.8) is 0 Å². The van der Waals surface area contributed by atoms with Gasteiger partial charge < -0.3 is 14.3 Å². The summed E-state index contributed by atoms with van der Waals surface area (Å²) < 4.78 is 9.54. The van der Waals surface area contributed by atoms with Gasteiger partial charge in [-0.1, -0.05) is 158 Å². The van der Waals surface area contributed by atoms with Crippen molar-refractivity contribution < 1.29 is 4.42 Å². The number of nitrogens with zero attached hydrogens (tertiary/aromatic N) is 3. The van der Waals surface area contributed by atoms with Crippen LogP contribution < -0.4 is 5.32 Å². The zero-order valence-electron chi connectivity index (χ0n) is 32.3. The van der Waals surface area contributed by atoms with Crippen LogP contribution in [0.25, 0.3) is 92.5 Å². The number of rotatable bonds is 4. The summed E-state index contributed by atoms with van der Waals surface area (Å²) in [7, 11) is 0. The molecule has 0 fully saturated rings. The molecule has 12 aromatic rings. The van der Waals surface area contributed by atoms with E-state index in [0.717, 1.165) is 72.0 Å². The highest BCUT2D eigenvalue weighted by atomic mass is 16.3. The van der Waals surface area contributed by atoms with Crippen LogP contribution in [-0.4, -0.2) is 16.2 Å². The molecule has 280 valence electrons. The third-order valence-corrected chi connectivity index (χ3v) is 12.3. The van der Waals surface area contributed by atoms with Gasteiger partial charge in [-0.15, -0.1) is 0 Å². The molecule has 5 nitrogen and oxygen atoms in total. The number of benzene rings is 10. The predicted octanol–water partition coefficient (Wildman–Crippen LogP) is 13.8. The maximum atomic E-state index is 7.06. The highest BCUT2D eigenvalue weighted by Gasteiger charge is 2.26. The van der Waals surface area contributed by atoms with E-state index in [1.54, 1.807) is 0 Å². The van der Waals surface area contributed by atoms with Crippen LogP contribution in [-0.2, 0) is 0 Å². The predicted molar refractivity (Wildman–Crippen MR) is 250 cm³/mol. The Bertz CT molecular complexity index is 3820. The maximum absolute atomic E-state index is 7.06. The Morgan fingerprint density at radius 3 is 1.90 bits per heavy atom. The molecule has 0 saturated carbocycles. The molecule has 60 heavy (non-hydrogen) atoms. The highest BCUT2D eigenvalue weighted by molar-refractivity contribution is 6.24. The Labute approximate surface area is 344 Å². The largest absolute Gasteiger partial charge is 0.455 e. The molecule has 3 heterocycles. The molecule has 0 amide bonds. The van der Waals surface area contributed by atoms with Gasteiger partial charge in [0.2, 0.25) is 0 Å². The van der Waals surface area contributed by atoms with Crippen molar-refractivity contribution in [2.45, 2.75) is 6.17 Å². The third kappa shape index (κ3) is 4.99. The smallest absolute Gasteiger partial charge is 0.159 e. The van der Waals surface area contributed by atoms with E-state index < -0.39 is 0 Å². The Balaban J connectivity index is 1.14. The van der Waals surface area contributed by atoms with Gasteiger partial charge >= 0.3 is 0 Å². The summed E-state index contributed by atoms with van der Waals surface area (Å²) in [4.78, 5) is 10.6. The number of amidine groups is 2. The maximum Gasteiger partial charge on any atom is 0.159 e. The van der Waals surface area contributed by atoms with Crippen LogP contribution in [0.2, 0.25) is 0 Å². The van der Waals surface area contributed by atoms with Crippen LogP contribution >= 0.6 is 0 Å². The SMILES string of the molecule is c1ccc(C2=NC(c3ccc4ccccc4c3)NC(c3cc(-n4c5cc6ccccc6cc5c5ccc6ccccc6c54)c4c(c3)oc3c5ccccc5ccc34)=N2)cc1. The van der Waals surface area contributed by atoms with Crippen LogP contribution in [0.4, 0.5) is 0 Å². The van der Waals surface area contributed by atoms with Crippen molar-refractivity contribution in [1.82, 2.24) is 9.88 Å². The molecular formula is C55H34N4O. The van der Waals surface area contributed by atoms with Gasteiger partial charge in [0.1, 0.15) is 23.2 Å². The fraction of sp³-hybridized carbons (Fsp3) is 0.0182. The van der Waals surface area contributed by atoms with Gasteiger partial charge in [0, 0.05) is 38.1 Å². The van der Waals surface area contributed by atoms with Crippen molar-refractivity contribution in [2.75, 3.05) is 0 Å². The molecule has 1 N–H and O–H groups in total. The average molecular weight is 767 g/mol. The second-order valence-electron chi connectivity index (χ2n) is 15.8. The number of aliphatic imine (C=N–C) groups is 2. The zero-order valence-corrected chi connectivity index (χ0v) is 32.3. The van der Waals surface area contributed by atoms with E-state index in [1.165, 1.54) is 43.1 Å². The molecule has 1 aliphatic heterocycles. The van der Waals surface area contributed by atoms with Gasteiger partial charge in [-0.25, -0.2) is 9.98 Å². The number of hydrogen-bond acceptors (Lipinski definition) is 4. The quantitative estimate of drug-likeness (QED) is 0.194. The summed E-state index contributed by atoms with van der Waals surface area (Å²) in [5.74, 6) is 1.40. The molecule has 1 unspecified atom stereocenters. The molecule has 1 aliphatic rings. The van der Waals surface area contributed by atoms with Crippen LogP contribution in [0.15, 0.2) is 209 Å². The monoisotopic (exact) mass is 766 g/mol. The normalized spacial score (nSPS) is 14.5. The summed E-state index contributed by atoms with van der Waals surface area (Å²) in [6.07, 6.45) is -0.375. The molecule has 5 heteroatoms. The standard InChI is InChI=1S/C55H34N4O/c1-2-15-36(16-3-1)53-56-54(40-23-22-33-12-4-5-17-37(33)28-40)58-55(57-53)41-31-48(50-45-27-25-35-14-9-11-21-43(35)52(45)60-49(50)32-41)59-47-30-39-19-7-6-18-38(39)29-46(47)44-26-24-34-13-8-10-20-42(34)51(44)59/h1-32,54H,(H,56,57,58). The van der Waals surface area contributed by atoms with Crippen molar-refractivity contribution in [1.29, 1.82) is 0 Å². The lowest BCUT2D eigenvalue weighted by Gasteiger charge is -2.24. The number of hydrogen-bond donors (Lipinski definition) is 1. The van der Waals surface area contributed by atoms with E-state index in [2.05, 4.69) is 186 Å². The Morgan fingerprint density at radius 2 is 1.10 bits per heavy atom. The average Bonchev–Trinajstić information content (AvgIpc) is 3.86. The lowest BCUT2D eigenvalue weighted by molar-refractivity contribution is 0.669. The van der Waals surface area contributed by atoms with E-state index in [1.807, 2.05) is 18.2 Å². The molecular weight excluding hydrogens is 733 g/mol. The summed E-state index contributed by atoms with van der Waals surface area (Å²) in [5.41, 5.74) is 7.91. The number of aromatic nitrogens is 1. The van der Waals surface area contributed by atoms with Crippen LogP contribution in [0, 0.1) is 0 Å². The van der Waals surface area contributed by atoms with Gasteiger partial charge in [-0.05, 0) is 74.3 Å². The van der Waals surface area contributed by atoms with E-state index in [-0.39, 0.29) is 6.17 Å². The Hall–Kier alpha value is -8.02. The summed E-state index contributed by atoms with van der Waals surface area (Å²) >= 11 is 0. The molecule has 13 rings (SSSR count). The molecule has 10 aromatic carbocycles. The van der Waals surface area contributed by atoms with Gasteiger partial charge in [-0.3, -0.25) is 0 Å². The minimum absolute atomic E-state index is 0.375. The number of furan rings is 1. The second-order valence-corrected chi connectivity index (χ2v) is 15.8. The molecule has 0 saturated heterocycles. The lowest BCUT2D eigenvalue weighted by atomic mass is 10.0. The first-order valence-corrected chi connectivity index (χ1v) is 20.4. The van der Waals surface area contributed by atoms with Crippen LogP contribution in [0.3, 0.4) is 0 Å². The fourth-order valence-corrected chi connectivity index (χ4v) is 9.50. The van der Waals surface area contributed by atoms with Gasteiger partial charge in [0.15, 0.2) is 5.84 Å². The van der Waals surface area contributed by atoms with Gasteiger partial charge in [-0.2, -0.15) is 0 Å². The zero-order chi connectivity index (χ0) is 39.3. The molecule has 0 radical (unpaired) electrons. The summed E-state index contributed by atoms with van der Waals surface area (Å²) in [6.45, 7) is 0. The van der Waals surface area contributed by atoms with E-state index >= 15 is 0 Å². The second kappa shape index (κ2) is 12.7. The summed E-state index contributed by atoms with van der Waals surface area (Å²) in [6, 6.07) is 69.3. The topological polar surface area (TPSA) is 54.8 Å². The first-order valence-electron chi connectivity index (χ1n) is 20.4. The van der Waals surface area contributed by atoms with Crippen molar-refractivity contribution >= 4 is 98.5 Å². The first-order chi connectivity index (χ1) is 29.7. The van der Waals surface area contributed by atoms with Crippen LogP contribution in [0.5, 0.6) is 0 Å². The van der Waals surface area contributed by atoms with Crippen molar-refractivity contribution in [3.8, 4) is 5.69 Å². The molecule has 0 spiro atoms. The molecule has 0 aliphatic carbocycles. The minimum atomic E-state index is -0.375. The van der Waals surface area contributed by atoms with Crippen molar-refractivity contribution in [2.24, 2.45) is 9.98 Å². The van der Waals surface area contributed by atoms with E-state index in [0.29, 0.717) is 5.84 Å². The lowest BCUT2D eigenvalue weighted by Crippen LogP contribution is -2.33. The van der Waals surface area contributed by atoms with Crippen LogP contribution in [0.1, 0.15) is 22.9 Å². The molecule has 1 atom stereocenters. The van der Waals surface area contributed by atoms with E-state index in [4.69, 9.17) is 14.4 Å². The first kappa shape index (κ1) is 33.0. The Morgan fingerprint density at radius 1 is 0.467 bits per heavy atom. The third-order valence-electron chi connectivity index (χ3n) is 12.3. The Kier molecular flexibility index (Phi) is 7.01. The van der Waals surface area contributed by atoms with Gasteiger partial charge in [0.25, 0.3) is 0 Å². The molecule has 0 bridgehead atoms. The fourth-order valence-electron chi connectivity index (χ4n) is 9.50. The summed E-state index contributed by atoms with van der Waals surface area (Å²) in [5, 5.41) is 17.7.